The smallest absolute Gasteiger partial charge is 0.253 e. The van der Waals surface area contributed by atoms with E-state index in [2.05, 4.69) is 16.0 Å². The van der Waals surface area contributed by atoms with Gasteiger partial charge >= 0.3 is 0 Å². The van der Waals surface area contributed by atoms with Crippen LogP contribution in [0.2, 0.25) is 0 Å². The van der Waals surface area contributed by atoms with Gasteiger partial charge in [0.15, 0.2) is 0 Å². The van der Waals surface area contributed by atoms with Crippen molar-refractivity contribution in [2.75, 3.05) is 19.6 Å². The van der Waals surface area contributed by atoms with Crippen LogP contribution in [0, 0.1) is 19.8 Å². The Bertz CT molecular complexity index is 733. The first-order valence-electron chi connectivity index (χ1n) is 9.79. The average Bonchev–Trinajstić information content (AvgIpc) is 2.58. The van der Waals surface area contributed by atoms with Crippen molar-refractivity contribution < 1.29 is 9.59 Å². The molecule has 1 aromatic rings. The van der Waals surface area contributed by atoms with Gasteiger partial charge in [-0.3, -0.25) is 14.4 Å². The number of amides is 2. The lowest BCUT2D eigenvalue weighted by molar-refractivity contribution is -0.122. The van der Waals surface area contributed by atoms with E-state index in [9.17, 15) is 14.4 Å². The Hall–Kier alpha value is -2.15. The van der Waals surface area contributed by atoms with Gasteiger partial charge in [-0.15, -0.1) is 0 Å². The zero-order valence-corrected chi connectivity index (χ0v) is 16.9. The summed E-state index contributed by atoms with van der Waals surface area (Å²) in [6, 6.07) is 1.42. The van der Waals surface area contributed by atoms with Crippen LogP contribution in [-0.4, -0.2) is 42.1 Å². The first kappa shape index (κ1) is 21.2. The molecule has 2 amide bonds. The van der Waals surface area contributed by atoms with Crippen LogP contribution in [0.15, 0.2) is 10.9 Å². The van der Waals surface area contributed by atoms with Crippen molar-refractivity contribution in [2.24, 2.45) is 5.92 Å². The fourth-order valence-electron chi connectivity index (χ4n) is 3.62. The highest BCUT2D eigenvalue weighted by Gasteiger charge is 2.19. The summed E-state index contributed by atoms with van der Waals surface area (Å²) in [7, 11) is 0. The van der Waals surface area contributed by atoms with E-state index in [1.807, 2.05) is 13.8 Å². The highest BCUT2D eigenvalue weighted by atomic mass is 16.2. The van der Waals surface area contributed by atoms with Crippen LogP contribution in [0.25, 0.3) is 0 Å². The average molecular weight is 377 g/mol. The van der Waals surface area contributed by atoms with Crippen molar-refractivity contribution in [3.63, 3.8) is 0 Å². The van der Waals surface area contributed by atoms with E-state index in [1.54, 1.807) is 13.8 Å². The van der Waals surface area contributed by atoms with Gasteiger partial charge in [-0.25, -0.2) is 0 Å². The number of hydrogen-bond acceptors (Lipinski definition) is 4. The first-order chi connectivity index (χ1) is 12.8. The van der Waals surface area contributed by atoms with Crippen molar-refractivity contribution in [1.82, 2.24) is 20.5 Å². The highest BCUT2D eigenvalue weighted by molar-refractivity contribution is 5.96. The van der Waals surface area contributed by atoms with Crippen LogP contribution in [0.5, 0.6) is 0 Å². The molecular formula is C20H32N4O3. The SMILES string of the molecule is Cc1cc(=O)n(CC(=O)NC(C)C)c(C)c1C(=O)NCCC1CCCNC1. The Kier molecular flexibility index (Phi) is 7.59. The minimum atomic E-state index is -0.270. The number of carbonyl (C=O) groups is 2. The van der Waals surface area contributed by atoms with E-state index >= 15 is 0 Å². The Balaban J connectivity index is 2.08. The standard InChI is InChI=1S/C20H32N4O3/c1-13(2)23-17(25)12-24-15(4)19(14(3)10-18(24)26)20(27)22-9-7-16-6-5-8-21-11-16/h10,13,16,21H,5-9,11-12H2,1-4H3,(H,22,27)(H,23,25). The largest absolute Gasteiger partial charge is 0.352 e. The molecule has 7 nitrogen and oxygen atoms in total. The summed E-state index contributed by atoms with van der Waals surface area (Å²) >= 11 is 0. The van der Waals surface area contributed by atoms with Gasteiger partial charge in [0, 0.05) is 24.3 Å². The minimum absolute atomic E-state index is 0.00370. The maximum atomic E-state index is 12.7. The second-order valence-corrected chi connectivity index (χ2v) is 7.69. The Labute approximate surface area is 160 Å². The highest BCUT2D eigenvalue weighted by Crippen LogP contribution is 2.14. The van der Waals surface area contributed by atoms with Crippen LogP contribution in [0.3, 0.4) is 0 Å². The molecule has 27 heavy (non-hydrogen) atoms. The van der Waals surface area contributed by atoms with Crippen molar-refractivity contribution in [3.8, 4) is 0 Å². The zero-order valence-electron chi connectivity index (χ0n) is 16.9. The molecule has 7 heteroatoms. The number of nitrogens with zero attached hydrogens (tertiary/aromatic N) is 1. The molecule has 0 aromatic carbocycles. The number of piperidine rings is 1. The van der Waals surface area contributed by atoms with E-state index in [0.29, 0.717) is 29.3 Å². The van der Waals surface area contributed by atoms with Crippen LogP contribution >= 0.6 is 0 Å². The number of carbonyl (C=O) groups excluding carboxylic acids is 2. The second kappa shape index (κ2) is 9.69. The summed E-state index contributed by atoms with van der Waals surface area (Å²) in [5.74, 6) is 0.164. The van der Waals surface area contributed by atoms with Gasteiger partial charge in [0.1, 0.15) is 6.54 Å². The number of hydrogen-bond donors (Lipinski definition) is 3. The van der Waals surface area contributed by atoms with E-state index < -0.39 is 0 Å². The van der Waals surface area contributed by atoms with Crippen molar-refractivity contribution in [3.05, 3.63) is 33.2 Å². The lowest BCUT2D eigenvalue weighted by atomic mass is 9.96. The number of pyridine rings is 1. The molecule has 1 unspecified atom stereocenters. The second-order valence-electron chi connectivity index (χ2n) is 7.69. The normalized spacial score (nSPS) is 17.0. The zero-order chi connectivity index (χ0) is 20.0. The van der Waals surface area contributed by atoms with Crippen molar-refractivity contribution >= 4 is 11.8 Å². The molecule has 3 N–H and O–H groups in total. The Morgan fingerprint density at radius 3 is 2.70 bits per heavy atom. The fourth-order valence-corrected chi connectivity index (χ4v) is 3.62. The molecule has 2 rings (SSSR count). The van der Waals surface area contributed by atoms with Crippen LogP contribution in [-0.2, 0) is 11.3 Å². The topological polar surface area (TPSA) is 92.2 Å². The van der Waals surface area contributed by atoms with E-state index in [1.165, 1.54) is 23.5 Å². The third-order valence-electron chi connectivity index (χ3n) is 4.98. The predicted octanol–water partition coefficient (Wildman–Crippen LogP) is 1.11. The molecule has 2 heterocycles. The maximum absolute atomic E-state index is 12.7. The molecule has 0 radical (unpaired) electrons. The number of rotatable bonds is 7. The number of nitrogens with one attached hydrogen (secondary N) is 3. The molecular weight excluding hydrogens is 344 g/mol. The lowest BCUT2D eigenvalue weighted by Gasteiger charge is -2.23. The molecule has 1 atom stereocenters. The van der Waals surface area contributed by atoms with Gasteiger partial charge in [0.2, 0.25) is 5.91 Å². The van der Waals surface area contributed by atoms with E-state index in [-0.39, 0.29) is 30.0 Å². The predicted molar refractivity (Wildman–Crippen MR) is 106 cm³/mol. The molecule has 0 saturated carbocycles. The van der Waals surface area contributed by atoms with Crippen molar-refractivity contribution in [1.29, 1.82) is 0 Å². The summed E-state index contributed by atoms with van der Waals surface area (Å²) in [5, 5.41) is 9.13. The van der Waals surface area contributed by atoms with E-state index in [0.717, 1.165) is 19.5 Å². The summed E-state index contributed by atoms with van der Waals surface area (Å²) < 4.78 is 1.37. The number of aromatic nitrogens is 1. The van der Waals surface area contributed by atoms with Crippen LogP contribution < -0.4 is 21.5 Å². The molecule has 150 valence electrons. The van der Waals surface area contributed by atoms with E-state index in [4.69, 9.17) is 0 Å². The van der Waals surface area contributed by atoms with Crippen molar-refractivity contribution in [2.45, 2.75) is 59.5 Å². The third-order valence-corrected chi connectivity index (χ3v) is 4.98. The molecule has 0 spiro atoms. The molecule has 1 aromatic heterocycles. The molecule has 1 aliphatic heterocycles. The molecule has 0 aliphatic carbocycles. The van der Waals surface area contributed by atoms with Gasteiger partial charge < -0.3 is 20.5 Å². The van der Waals surface area contributed by atoms with Gasteiger partial charge in [-0.1, -0.05) is 0 Å². The Morgan fingerprint density at radius 2 is 2.07 bits per heavy atom. The molecule has 0 bridgehead atoms. The van der Waals surface area contributed by atoms with Crippen LogP contribution in [0.4, 0.5) is 0 Å². The lowest BCUT2D eigenvalue weighted by Crippen LogP contribution is -2.38. The van der Waals surface area contributed by atoms with Gasteiger partial charge in [0.05, 0.1) is 5.56 Å². The fraction of sp³-hybridized carbons (Fsp3) is 0.650. The molecule has 1 saturated heterocycles. The summed E-state index contributed by atoms with van der Waals surface area (Å²) in [4.78, 5) is 37.1. The van der Waals surface area contributed by atoms with Gasteiger partial charge in [-0.2, -0.15) is 0 Å². The summed E-state index contributed by atoms with van der Waals surface area (Å²) in [6.45, 7) is 9.81. The maximum Gasteiger partial charge on any atom is 0.253 e. The van der Waals surface area contributed by atoms with Gasteiger partial charge in [0.25, 0.3) is 11.5 Å². The third kappa shape index (κ3) is 5.92. The molecule has 1 fully saturated rings. The first-order valence-corrected chi connectivity index (χ1v) is 9.79. The van der Waals surface area contributed by atoms with Gasteiger partial charge in [-0.05, 0) is 71.5 Å². The minimum Gasteiger partial charge on any atom is -0.352 e. The quantitative estimate of drug-likeness (QED) is 0.665. The summed E-state index contributed by atoms with van der Waals surface area (Å²) in [6.07, 6.45) is 3.31. The Morgan fingerprint density at radius 1 is 1.33 bits per heavy atom. The number of aryl methyl sites for hydroxylation is 1. The molecule has 1 aliphatic rings. The van der Waals surface area contributed by atoms with Crippen LogP contribution in [0.1, 0.15) is 54.7 Å². The monoisotopic (exact) mass is 376 g/mol. The summed E-state index contributed by atoms with van der Waals surface area (Å²) in [5.41, 5.74) is 1.37.